The Hall–Kier alpha value is -2.11. The number of alkyl halides is 1. The van der Waals surface area contributed by atoms with Gasteiger partial charge in [0.25, 0.3) is 0 Å². The minimum atomic E-state index is -0.541. The highest BCUT2D eigenvalue weighted by Crippen LogP contribution is 2.21. The summed E-state index contributed by atoms with van der Waals surface area (Å²) in [4.78, 5) is 24.7. The highest BCUT2D eigenvalue weighted by Gasteiger charge is 2.37. The van der Waals surface area contributed by atoms with Crippen LogP contribution in [0.3, 0.4) is 0 Å². The molecule has 1 saturated heterocycles. The molecular weight excluding hydrogens is 349 g/mol. The van der Waals surface area contributed by atoms with Gasteiger partial charge in [-0.15, -0.1) is 0 Å². The van der Waals surface area contributed by atoms with Crippen molar-refractivity contribution in [3.63, 3.8) is 0 Å². The first-order valence-electron chi connectivity index (χ1n) is 9.21. The van der Waals surface area contributed by atoms with Crippen molar-refractivity contribution in [3.8, 4) is 0 Å². The minimum Gasteiger partial charge on any atom is -0.467 e. The summed E-state index contributed by atoms with van der Waals surface area (Å²) in [5.74, 6) is -0.372. The molecule has 0 N–H and O–H groups in total. The van der Waals surface area contributed by atoms with Crippen molar-refractivity contribution >= 4 is 12.1 Å². The maximum absolute atomic E-state index is 11.8. The number of carbonyl (C=O) groups is 2. The molecule has 0 saturated carbocycles. The van der Waals surface area contributed by atoms with Gasteiger partial charge in [-0.3, -0.25) is 9.29 Å². The molecule has 27 heavy (non-hydrogen) atoms. The topological polar surface area (TPSA) is 55.8 Å². The van der Waals surface area contributed by atoms with Gasteiger partial charge >= 0.3 is 12.1 Å². The maximum atomic E-state index is 11.8. The Kier molecular flexibility index (Phi) is 15.1. The molecule has 1 amide bonds. The molecule has 1 aromatic carbocycles. The summed E-state index contributed by atoms with van der Waals surface area (Å²) in [6.45, 7) is 12.0. The van der Waals surface area contributed by atoms with Crippen molar-refractivity contribution in [2.24, 2.45) is 0 Å². The summed E-state index contributed by atoms with van der Waals surface area (Å²) >= 11 is 0. The highest BCUT2D eigenvalue weighted by molar-refractivity contribution is 5.82. The Morgan fingerprint density at radius 3 is 2.00 bits per heavy atom. The molecule has 1 heterocycles. The van der Waals surface area contributed by atoms with Crippen LogP contribution < -0.4 is 0 Å². The summed E-state index contributed by atoms with van der Waals surface area (Å²) in [5.41, 5.74) is 0.780. The van der Waals surface area contributed by atoms with Crippen molar-refractivity contribution < 1.29 is 23.5 Å². The fourth-order valence-electron chi connectivity index (χ4n) is 2.22. The summed E-state index contributed by atoms with van der Waals surface area (Å²) in [6, 6.07) is 9.78. The number of rotatable bonds is 1. The zero-order valence-corrected chi connectivity index (χ0v) is 18.0. The molecule has 0 bridgehead atoms. The smallest absolute Gasteiger partial charge is 0.411 e. The normalized spacial score (nSPS) is 15.0. The first-order valence-corrected chi connectivity index (χ1v) is 9.21. The van der Waals surface area contributed by atoms with Crippen LogP contribution in [0.1, 0.15) is 53.0 Å². The molecule has 0 aliphatic carbocycles. The molecule has 5 nitrogen and oxygen atoms in total. The molecular formula is C21H36FNO4. The number of likely N-dealkylation sites (tertiary alicyclic amines) is 1. The summed E-state index contributed by atoms with van der Waals surface area (Å²) in [6.07, 6.45) is 1.01. The van der Waals surface area contributed by atoms with Gasteiger partial charge in [0.2, 0.25) is 0 Å². The predicted octanol–water partition coefficient (Wildman–Crippen LogP) is 5.17. The Morgan fingerprint density at radius 1 is 1.11 bits per heavy atom. The Bertz CT molecular complexity index is 515. The molecule has 2 rings (SSSR count). The van der Waals surface area contributed by atoms with E-state index in [0.29, 0.717) is 20.1 Å². The monoisotopic (exact) mass is 385 g/mol. The van der Waals surface area contributed by atoms with Crippen molar-refractivity contribution in [2.75, 3.05) is 20.8 Å². The predicted molar refractivity (Wildman–Crippen MR) is 108 cm³/mol. The lowest BCUT2D eigenvalue weighted by atomic mass is 10.2. The first-order chi connectivity index (χ1) is 12.7. The number of carbonyl (C=O) groups excluding carboxylic acids is 2. The standard InChI is InChI=1S/C11H19NO4.C7H8.C2H6.CH3F/c1-11(2,3)16-10(14)12-7-5-6-8(12)9(13)15-4;1-7-5-3-2-4-6-7;2*1-2/h8H,5-7H2,1-4H3;2-6H,1H3;1-2H3;1H3. The van der Waals surface area contributed by atoms with Crippen LogP contribution in [0.5, 0.6) is 0 Å². The van der Waals surface area contributed by atoms with Crippen LogP contribution in [0.25, 0.3) is 0 Å². The van der Waals surface area contributed by atoms with Crippen LogP contribution in [0.4, 0.5) is 9.18 Å². The number of hydrogen-bond acceptors (Lipinski definition) is 4. The third-order valence-electron chi connectivity index (χ3n) is 3.29. The third kappa shape index (κ3) is 12.0. The second-order valence-electron chi connectivity index (χ2n) is 6.51. The van der Waals surface area contributed by atoms with Crippen molar-refractivity contribution in [3.05, 3.63) is 35.9 Å². The van der Waals surface area contributed by atoms with Gasteiger partial charge in [-0.25, -0.2) is 9.59 Å². The number of aryl methyl sites for hydroxylation is 1. The van der Waals surface area contributed by atoms with E-state index in [4.69, 9.17) is 4.74 Å². The molecule has 6 heteroatoms. The molecule has 1 aliphatic rings. The van der Waals surface area contributed by atoms with E-state index in [1.54, 1.807) is 20.8 Å². The molecule has 0 spiro atoms. The van der Waals surface area contributed by atoms with E-state index in [2.05, 4.69) is 23.8 Å². The van der Waals surface area contributed by atoms with Gasteiger partial charge < -0.3 is 9.47 Å². The summed E-state index contributed by atoms with van der Waals surface area (Å²) < 4.78 is 19.4. The first kappa shape index (κ1) is 27.1. The van der Waals surface area contributed by atoms with E-state index in [-0.39, 0.29) is 5.97 Å². The van der Waals surface area contributed by atoms with Gasteiger partial charge in [0, 0.05) is 6.54 Å². The SMILES string of the molecule is CC.CF.COC(=O)C1CCCN1C(=O)OC(C)(C)C.Cc1ccccc1. The number of nitrogens with zero attached hydrogens (tertiary/aromatic N) is 1. The Balaban J connectivity index is 0. The Labute approximate surface area is 163 Å². The summed E-state index contributed by atoms with van der Waals surface area (Å²) in [7, 11) is 1.83. The van der Waals surface area contributed by atoms with Gasteiger partial charge in [-0.1, -0.05) is 49.7 Å². The average Bonchev–Trinajstić information content (AvgIpc) is 3.14. The molecule has 156 valence electrons. The fourth-order valence-corrected chi connectivity index (χ4v) is 2.22. The van der Waals surface area contributed by atoms with Gasteiger partial charge in [-0.05, 0) is 40.5 Å². The lowest BCUT2D eigenvalue weighted by Gasteiger charge is -2.27. The highest BCUT2D eigenvalue weighted by atomic mass is 19.1. The molecule has 0 aromatic heterocycles. The number of hydrogen-bond donors (Lipinski definition) is 0. The fraction of sp³-hybridized carbons (Fsp3) is 0.619. The van der Waals surface area contributed by atoms with Crippen LogP contribution >= 0.6 is 0 Å². The lowest BCUT2D eigenvalue weighted by Crippen LogP contribution is -2.43. The van der Waals surface area contributed by atoms with E-state index in [1.165, 1.54) is 17.6 Å². The molecule has 1 atom stereocenters. The summed E-state index contributed by atoms with van der Waals surface area (Å²) in [5, 5.41) is 0. The largest absolute Gasteiger partial charge is 0.467 e. The van der Waals surface area contributed by atoms with E-state index >= 15 is 0 Å². The van der Waals surface area contributed by atoms with Crippen LogP contribution in [0.2, 0.25) is 0 Å². The van der Waals surface area contributed by atoms with Gasteiger partial charge in [-0.2, -0.15) is 0 Å². The van der Waals surface area contributed by atoms with Gasteiger partial charge in [0.15, 0.2) is 0 Å². The minimum absolute atomic E-state index is 0.372. The average molecular weight is 386 g/mol. The molecule has 1 aromatic rings. The van der Waals surface area contributed by atoms with E-state index in [1.807, 2.05) is 32.0 Å². The van der Waals surface area contributed by atoms with Gasteiger partial charge in [0.05, 0.1) is 14.3 Å². The van der Waals surface area contributed by atoms with Gasteiger partial charge in [0.1, 0.15) is 11.6 Å². The quantitative estimate of drug-likeness (QED) is 0.626. The van der Waals surface area contributed by atoms with Crippen molar-refractivity contribution in [1.29, 1.82) is 0 Å². The third-order valence-corrected chi connectivity index (χ3v) is 3.29. The molecule has 1 aliphatic heterocycles. The van der Waals surface area contributed by atoms with Crippen LogP contribution in [0.15, 0.2) is 30.3 Å². The zero-order chi connectivity index (χ0) is 21.5. The van der Waals surface area contributed by atoms with E-state index in [9.17, 15) is 14.0 Å². The number of ether oxygens (including phenoxy) is 2. The molecule has 1 unspecified atom stereocenters. The van der Waals surface area contributed by atoms with E-state index < -0.39 is 17.7 Å². The lowest BCUT2D eigenvalue weighted by molar-refractivity contribution is -0.145. The number of halogens is 1. The maximum Gasteiger partial charge on any atom is 0.411 e. The number of esters is 1. The number of methoxy groups -OCH3 is 1. The van der Waals surface area contributed by atoms with Crippen LogP contribution in [0, 0.1) is 6.92 Å². The Morgan fingerprint density at radius 2 is 1.63 bits per heavy atom. The second-order valence-corrected chi connectivity index (χ2v) is 6.51. The zero-order valence-electron chi connectivity index (χ0n) is 18.0. The van der Waals surface area contributed by atoms with Crippen molar-refractivity contribution in [1.82, 2.24) is 4.90 Å². The van der Waals surface area contributed by atoms with E-state index in [0.717, 1.165) is 6.42 Å². The molecule has 1 fully saturated rings. The number of benzene rings is 1. The van der Waals surface area contributed by atoms with Crippen molar-refractivity contribution in [2.45, 2.75) is 66.0 Å². The second kappa shape index (κ2) is 15.0. The van der Waals surface area contributed by atoms with Crippen LogP contribution in [-0.4, -0.2) is 49.4 Å². The number of amides is 1. The van der Waals surface area contributed by atoms with Crippen LogP contribution in [-0.2, 0) is 14.3 Å². The molecule has 0 radical (unpaired) electrons.